The number of ether oxygens (including phenoxy) is 1. The molecule has 0 atom stereocenters. The summed E-state index contributed by atoms with van der Waals surface area (Å²) in [6, 6.07) is 8.52. The second kappa shape index (κ2) is 8.77. The second-order valence-corrected chi connectivity index (χ2v) is 5.64. The number of non-ortho nitro benzene ring substituents is 1. The molecule has 0 saturated carbocycles. The second-order valence-electron chi connectivity index (χ2n) is 4.86. The Labute approximate surface area is 156 Å². The highest BCUT2D eigenvalue weighted by atomic mass is 79.9. The van der Waals surface area contributed by atoms with Crippen molar-refractivity contribution in [2.75, 3.05) is 6.61 Å². The number of nitrogens with one attached hydrogen (secondary N) is 1. The van der Waals surface area contributed by atoms with Crippen molar-refractivity contribution in [3.05, 3.63) is 80.9 Å². The van der Waals surface area contributed by atoms with Gasteiger partial charge in [-0.1, -0.05) is 24.8 Å². The third-order valence-corrected chi connectivity index (χ3v) is 3.42. The van der Waals surface area contributed by atoms with E-state index in [4.69, 9.17) is 9.15 Å². The number of nitrogens with zero attached hydrogens (tertiary/aromatic N) is 1. The molecule has 0 aliphatic rings. The van der Waals surface area contributed by atoms with Crippen LogP contribution in [0.5, 0.6) is 0 Å². The number of hydrogen-bond donors (Lipinski definition) is 1. The van der Waals surface area contributed by atoms with Gasteiger partial charge in [0.15, 0.2) is 10.4 Å². The normalized spacial score (nSPS) is 10.9. The Morgan fingerprint density at radius 2 is 2.12 bits per heavy atom. The Bertz CT molecular complexity index is 887. The number of amides is 1. The maximum Gasteiger partial charge on any atom is 0.355 e. The maximum atomic E-state index is 12.2. The third-order valence-electron chi connectivity index (χ3n) is 2.99. The maximum absolute atomic E-state index is 12.2. The average Bonchev–Trinajstić information content (AvgIpc) is 3.05. The molecule has 1 N–H and O–H groups in total. The SMILES string of the molecule is C=CCOC(=O)/C(=C/c1cccc([N+](=O)[O-])c1)NC(=O)c1ccc(Br)o1. The number of benzene rings is 1. The van der Waals surface area contributed by atoms with E-state index in [1.54, 1.807) is 6.07 Å². The number of furan rings is 1. The molecule has 0 saturated heterocycles. The molecule has 0 aliphatic heterocycles. The van der Waals surface area contributed by atoms with Gasteiger partial charge in [0.1, 0.15) is 12.3 Å². The van der Waals surface area contributed by atoms with Crippen LogP contribution in [0.25, 0.3) is 6.08 Å². The lowest BCUT2D eigenvalue weighted by Crippen LogP contribution is -2.28. The van der Waals surface area contributed by atoms with Crippen LogP contribution in [0.2, 0.25) is 0 Å². The summed E-state index contributed by atoms with van der Waals surface area (Å²) in [5.41, 5.74) is -0.0191. The van der Waals surface area contributed by atoms with Crippen LogP contribution in [0.4, 0.5) is 5.69 Å². The summed E-state index contributed by atoms with van der Waals surface area (Å²) in [7, 11) is 0. The van der Waals surface area contributed by atoms with Crippen LogP contribution in [-0.2, 0) is 9.53 Å². The van der Waals surface area contributed by atoms with Crippen molar-refractivity contribution in [1.82, 2.24) is 5.32 Å². The van der Waals surface area contributed by atoms with Gasteiger partial charge in [0.2, 0.25) is 0 Å². The zero-order valence-corrected chi connectivity index (χ0v) is 14.9. The molecule has 0 unspecified atom stereocenters. The molecule has 0 fully saturated rings. The van der Waals surface area contributed by atoms with Gasteiger partial charge in [-0.25, -0.2) is 4.79 Å². The van der Waals surface area contributed by atoms with Crippen molar-refractivity contribution in [3.8, 4) is 0 Å². The standard InChI is InChI=1S/C17H13BrN2O6/c1-2-8-25-17(22)13(19-16(21)14-6-7-15(18)26-14)10-11-4-3-5-12(9-11)20(23)24/h2-7,9-10H,1,8H2,(H,19,21)/b13-10-. The van der Waals surface area contributed by atoms with E-state index in [-0.39, 0.29) is 23.8 Å². The number of nitro benzene ring substituents is 1. The number of rotatable bonds is 7. The number of halogens is 1. The van der Waals surface area contributed by atoms with E-state index < -0.39 is 16.8 Å². The van der Waals surface area contributed by atoms with Crippen molar-refractivity contribution in [2.45, 2.75) is 0 Å². The molecule has 0 radical (unpaired) electrons. The molecule has 0 spiro atoms. The topological polar surface area (TPSA) is 112 Å². The van der Waals surface area contributed by atoms with E-state index in [9.17, 15) is 19.7 Å². The van der Waals surface area contributed by atoms with Crippen molar-refractivity contribution >= 4 is 39.6 Å². The van der Waals surface area contributed by atoms with Gasteiger partial charge >= 0.3 is 5.97 Å². The number of hydrogen-bond acceptors (Lipinski definition) is 6. The van der Waals surface area contributed by atoms with E-state index >= 15 is 0 Å². The molecule has 0 aliphatic carbocycles. The summed E-state index contributed by atoms with van der Waals surface area (Å²) >= 11 is 3.08. The Morgan fingerprint density at radius 3 is 2.73 bits per heavy atom. The van der Waals surface area contributed by atoms with Crippen LogP contribution in [-0.4, -0.2) is 23.4 Å². The zero-order chi connectivity index (χ0) is 19.1. The van der Waals surface area contributed by atoms with Gasteiger partial charge in [-0.3, -0.25) is 14.9 Å². The van der Waals surface area contributed by atoms with Gasteiger partial charge in [-0.2, -0.15) is 0 Å². The Kier molecular flexibility index (Phi) is 6.45. The molecule has 0 bridgehead atoms. The van der Waals surface area contributed by atoms with E-state index in [0.717, 1.165) is 0 Å². The number of carbonyl (C=O) groups excluding carboxylic acids is 2. The molecule has 1 aromatic carbocycles. The summed E-state index contributed by atoms with van der Waals surface area (Å²) in [4.78, 5) is 34.7. The van der Waals surface area contributed by atoms with Crippen LogP contribution in [0.3, 0.4) is 0 Å². The van der Waals surface area contributed by atoms with E-state index in [1.165, 1.54) is 42.5 Å². The molecular formula is C17H13BrN2O6. The van der Waals surface area contributed by atoms with Gasteiger partial charge in [0, 0.05) is 12.1 Å². The predicted octanol–water partition coefficient (Wildman–Crippen LogP) is 3.45. The molecule has 2 rings (SSSR count). The van der Waals surface area contributed by atoms with Crippen LogP contribution in [0.1, 0.15) is 16.1 Å². The monoisotopic (exact) mass is 420 g/mol. The van der Waals surface area contributed by atoms with Crippen molar-refractivity contribution in [3.63, 3.8) is 0 Å². The molecular weight excluding hydrogens is 408 g/mol. The molecule has 8 nitrogen and oxygen atoms in total. The van der Waals surface area contributed by atoms with Crippen LogP contribution in [0.15, 0.2) is 63.8 Å². The Morgan fingerprint density at radius 1 is 1.35 bits per heavy atom. The van der Waals surface area contributed by atoms with Crippen LogP contribution < -0.4 is 5.32 Å². The molecule has 2 aromatic rings. The van der Waals surface area contributed by atoms with Gasteiger partial charge in [0.05, 0.1) is 4.92 Å². The van der Waals surface area contributed by atoms with Gasteiger partial charge < -0.3 is 14.5 Å². The number of nitro groups is 1. The molecule has 134 valence electrons. The fourth-order valence-electron chi connectivity index (χ4n) is 1.87. The average molecular weight is 421 g/mol. The summed E-state index contributed by atoms with van der Waals surface area (Å²) < 4.78 is 10.4. The van der Waals surface area contributed by atoms with Crippen molar-refractivity contribution in [2.24, 2.45) is 0 Å². The highest BCUT2D eigenvalue weighted by molar-refractivity contribution is 9.10. The summed E-state index contributed by atoms with van der Waals surface area (Å²) in [6.45, 7) is 3.38. The van der Waals surface area contributed by atoms with Gasteiger partial charge in [-0.15, -0.1) is 0 Å². The van der Waals surface area contributed by atoms with Crippen LogP contribution >= 0.6 is 15.9 Å². The largest absolute Gasteiger partial charge is 0.457 e. The smallest absolute Gasteiger partial charge is 0.355 e. The van der Waals surface area contributed by atoms with E-state index in [1.807, 2.05) is 0 Å². The fraction of sp³-hybridized carbons (Fsp3) is 0.0588. The summed E-state index contributed by atoms with van der Waals surface area (Å²) in [5, 5.41) is 13.3. The van der Waals surface area contributed by atoms with Crippen molar-refractivity contribution < 1.29 is 23.7 Å². The zero-order valence-electron chi connectivity index (χ0n) is 13.3. The first kappa shape index (κ1) is 19.1. The first-order valence-corrected chi connectivity index (χ1v) is 8.01. The third kappa shape index (κ3) is 5.15. The molecule has 1 amide bonds. The summed E-state index contributed by atoms with van der Waals surface area (Å²) in [5.74, 6) is -1.53. The molecule has 26 heavy (non-hydrogen) atoms. The lowest BCUT2D eigenvalue weighted by atomic mass is 10.1. The summed E-state index contributed by atoms with van der Waals surface area (Å²) in [6.07, 6.45) is 2.64. The Hall–Kier alpha value is -3.20. The molecule has 9 heteroatoms. The highest BCUT2D eigenvalue weighted by Crippen LogP contribution is 2.17. The number of esters is 1. The predicted molar refractivity (Wildman–Crippen MR) is 96.1 cm³/mol. The van der Waals surface area contributed by atoms with E-state index in [0.29, 0.717) is 10.2 Å². The minimum Gasteiger partial charge on any atom is -0.457 e. The highest BCUT2D eigenvalue weighted by Gasteiger charge is 2.18. The minimum atomic E-state index is -0.824. The van der Waals surface area contributed by atoms with Crippen LogP contribution in [0, 0.1) is 10.1 Å². The minimum absolute atomic E-state index is 0.0293. The van der Waals surface area contributed by atoms with Crippen molar-refractivity contribution in [1.29, 1.82) is 0 Å². The van der Waals surface area contributed by atoms with E-state index in [2.05, 4.69) is 27.8 Å². The molecule has 1 aromatic heterocycles. The quantitative estimate of drug-likeness (QED) is 0.241. The lowest BCUT2D eigenvalue weighted by molar-refractivity contribution is -0.384. The van der Waals surface area contributed by atoms with Gasteiger partial charge in [-0.05, 0) is 39.7 Å². The first-order chi connectivity index (χ1) is 12.4. The molecule has 1 heterocycles. The lowest BCUT2D eigenvalue weighted by Gasteiger charge is -2.08. The Balaban J connectivity index is 2.32. The fourth-order valence-corrected chi connectivity index (χ4v) is 2.18. The number of carbonyl (C=O) groups is 2. The first-order valence-electron chi connectivity index (χ1n) is 7.21. The van der Waals surface area contributed by atoms with Gasteiger partial charge in [0.25, 0.3) is 11.6 Å².